The first-order valence-electron chi connectivity index (χ1n) is 7.85. The van der Waals surface area contributed by atoms with Crippen LogP contribution in [0.2, 0.25) is 0 Å². The fourth-order valence-corrected chi connectivity index (χ4v) is 4.01. The maximum Gasteiger partial charge on any atom is 0.125 e. The van der Waals surface area contributed by atoms with Gasteiger partial charge in [-0.3, -0.25) is 4.90 Å². The van der Waals surface area contributed by atoms with E-state index in [1.165, 1.54) is 18.4 Å². The van der Waals surface area contributed by atoms with E-state index in [4.69, 9.17) is 4.74 Å². The molecule has 3 rings (SSSR count). The highest BCUT2D eigenvalue weighted by Gasteiger charge is 2.36. The molecule has 116 valence electrons. The van der Waals surface area contributed by atoms with Crippen LogP contribution in [0.25, 0.3) is 0 Å². The van der Waals surface area contributed by atoms with Gasteiger partial charge in [-0.05, 0) is 63.0 Å². The van der Waals surface area contributed by atoms with Gasteiger partial charge in [-0.1, -0.05) is 15.9 Å². The Morgan fingerprint density at radius 2 is 2.05 bits per heavy atom. The van der Waals surface area contributed by atoms with Gasteiger partial charge >= 0.3 is 0 Å². The lowest BCUT2D eigenvalue weighted by Crippen LogP contribution is -2.51. The SMILES string of the molecule is CC(C)(C(O)Cc1cc(Br)cc2c1OCC2)N1CCCC1. The number of hydrogen-bond donors (Lipinski definition) is 1. The second-order valence-electron chi connectivity index (χ2n) is 6.72. The van der Waals surface area contributed by atoms with E-state index in [0.717, 1.165) is 41.9 Å². The Hall–Kier alpha value is -0.580. The topological polar surface area (TPSA) is 32.7 Å². The normalized spacial score (nSPS) is 20.4. The summed E-state index contributed by atoms with van der Waals surface area (Å²) in [4.78, 5) is 2.41. The predicted molar refractivity (Wildman–Crippen MR) is 87.9 cm³/mol. The first-order valence-corrected chi connectivity index (χ1v) is 8.65. The molecule has 0 amide bonds. The average Bonchev–Trinajstić information content (AvgIpc) is 3.09. The third-order valence-electron chi connectivity index (χ3n) is 4.98. The Labute approximate surface area is 135 Å². The van der Waals surface area contributed by atoms with Crippen molar-refractivity contribution in [1.82, 2.24) is 4.90 Å². The van der Waals surface area contributed by atoms with Crippen LogP contribution in [-0.4, -0.2) is 41.3 Å². The Bertz CT molecular complexity index is 524. The van der Waals surface area contributed by atoms with E-state index in [0.29, 0.717) is 6.42 Å². The van der Waals surface area contributed by atoms with Gasteiger partial charge in [0.15, 0.2) is 0 Å². The van der Waals surface area contributed by atoms with Gasteiger partial charge in [-0.2, -0.15) is 0 Å². The Morgan fingerprint density at radius 3 is 2.76 bits per heavy atom. The highest BCUT2D eigenvalue weighted by atomic mass is 79.9. The lowest BCUT2D eigenvalue weighted by atomic mass is 9.89. The summed E-state index contributed by atoms with van der Waals surface area (Å²) in [6.45, 7) is 7.25. The van der Waals surface area contributed by atoms with Gasteiger partial charge < -0.3 is 9.84 Å². The van der Waals surface area contributed by atoms with Crippen molar-refractivity contribution in [3.63, 3.8) is 0 Å². The molecule has 1 N–H and O–H groups in total. The molecule has 4 heteroatoms. The van der Waals surface area contributed by atoms with Gasteiger partial charge in [0.25, 0.3) is 0 Å². The van der Waals surface area contributed by atoms with Gasteiger partial charge in [-0.25, -0.2) is 0 Å². The van der Waals surface area contributed by atoms with Crippen molar-refractivity contribution in [3.05, 3.63) is 27.7 Å². The van der Waals surface area contributed by atoms with Crippen molar-refractivity contribution in [1.29, 1.82) is 0 Å². The van der Waals surface area contributed by atoms with Crippen LogP contribution in [0.1, 0.15) is 37.8 Å². The summed E-state index contributed by atoms with van der Waals surface area (Å²) in [6.07, 6.45) is 3.70. The smallest absolute Gasteiger partial charge is 0.125 e. The monoisotopic (exact) mass is 353 g/mol. The molecule has 1 aromatic carbocycles. The van der Waals surface area contributed by atoms with Crippen LogP contribution in [-0.2, 0) is 12.8 Å². The van der Waals surface area contributed by atoms with E-state index in [9.17, 15) is 5.11 Å². The molecule has 0 bridgehead atoms. The zero-order valence-electron chi connectivity index (χ0n) is 12.9. The molecule has 0 aliphatic carbocycles. The number of halogens is 1. The van der Waals surface area contributed by atoms with Crippen LogP contribution in [0.3, 0.4) is 0 Å². The van der Waals surface area contributed by atoms with Crippen molar-refractivity contribution < 1.29 is 9.84 Å². The molecule has 0 radical (unpaired) electrons. The second-order valence-corrected chi connectivity index (χ2v) is 7.64. The maximum atomic E-state index is 10.8. The molecular weight excluding hydrogens is 330 g/mol. The van der Waals surface area contributed by atoms with Crippen molar-refractivity contribution in [2.45, 2.75) is 51.2 Å². The molecule has 1 unspecified atom stereocenters. The molecule has 2 aliphatic heterocycles. The molecule has 2 heterocycles. The van der Waals surface area contributed by atoms with Crippen molar-refractivity contribution in [2.75, 3.05) is 19.7 Å². The van der Waals surface area contributed by atoms with E-state index in [1.54, 1.807) is 0 Å². The van der Waals surface area contributed by atoms with E-state index in [-0.39, 0.29) is 5.54 Å². The Balaban J connectivity index is 1.80. The minimum Gasteiger partial charge on any atom is -0.493 e. The summed E-state index contributed by atoms with van der Waals surface area (Å²) < 4.78 is 6.85. The lowest BCUT2D eigenvalue weighted by molar-refractivity contribution is 0.00309. The summed E-state index contributed by atoms with van der Waals surface area (Å²) in [5, 5.41) is 10.8. The molecule has 21 heavy (non-hydrogen) atoms. The number of rotatable bonds is 4. The number of benzene rings is 1. The zero-order valence-corrected chi connectivity index (χ0v) is 14.4. The minimum atomic E-state index is -0.391. The second kappa shape index (κ2) is 5.90. The summed E-state index contributed by atoms with van der Waals surface area (Å²) >= 11 is 3.57. The fourth-order valence-electron chi connectivity index (χ4n) is 3.46. The number of aliphatic hydroxyl groups excluding tert-OH is 1. The molecule has 1 saturated heterocycles. The lowest BCUT2D eigenvalue weighted by Gasteiger charge is -2.39. The number of ether oxygens (including phenoxy) is 1. The zero-order chi connectivity index (χ0) is 15.0. The van der Waals surface area contributed by atoms with Gasteiger partial charge in [-0.15, -0.1) is 0 Å². The van der Waals surface area contributed by atoms with Gasteiger partial charge in [0, 0.05) is 22.9 Å². The molecule has 0 spiro atoms. The van der Waals surface area contributed by atoms with Gasteiger partial charge in [0.2, 0.25) is 0 Å². The number of fused-ring (bicyclic) bond motifs is 1. The molecule has 0 aromatic heterocycles. The molecular formula is C17H24BrNO2. The standard InChI is InChI=1S/C17H24BrNO2/c1-17(2,19-6-3-4-7-19)15(20)11-13-10-14(18)9-12-5-8-21-16(12)13/h9-10,15,20H,3-8,11H2,1-2H3. The number of aliphatic hydroxyl groups is 1. The summed E-state index contributed by atoms with van der Waals surface area (Å²) in [5.74, 6) is 0.995. The largest absolute Gasteiger partial charge is 0.493 e. The summed E-state index contributed by atoms with van der Waals surface area (Å²) in [5.41, 5.74) is 2.19. The van der Waals surface area contributed by atoms with E-state index in [1.807, 2.05) is 0 Å². The van der Waals surface area contributed by atoms with Gasteiger partial charge in [0.1, 0.15) is 5.75 Å². The van der Waals surface area contributed by atoms with E-state index in [2.05, 4.69) is 46.8 Å². The van der Waals surface area contributed by atoms with Crippen LogP contribution in [0.5, 0.6) is 5.75 Å². The Morgan fingerprint density at radius 1 is 1.33 bits per heavy atom. The highest BCUT2D eigenvalue weighted by Crippen LogP contribution is 2.35. The maximum absolute atomic E-state index is 10.8. The molecule has 3 nitrogen and oxygen atoms in total. The van der Waals surface area contributed by atoms with E-state index < -0.39 is 6.10 Å². The number of nitrogens with zero attached hydrogens (tertiary/aromatic N) is 1. The predicted octanol–water partition coefficient (Wildman–Crippen LogP) is 3.16. The first kappa shape index (κ1) is 15.3. The molecule has 1 aromatic rings. The molecule has 2 aliphatic rings. The van der Waals surface area contributed by atoms with Crippen LogP contribution >= 0.6 is 15.9 Å². The van der Waals surface area contributed by atoms with Crippen LogP contribution in [0.15, 0.2) is 16.6 Å². The third kappa shape index (κ3) is 2.99. The fraction of sp³-hybridized carbons (Fsp3) is 0.647. The van der Waals surface area contributed by atoms with Crippen molar-refractivity contribution in [3.8, 4) is 5.75 Å². The van der Waals surface area contributed by atoms with Crippen LogP contribution in [0.4, 0.5) is 0 Å². The van der Waals surface area contributed by atoms with Crippen molar-refractivity contribution in [2.24, 2.45) is 0 Å². The van der Waals surface area contributed by atoms with Gasteiger partial charge in [0.05, 0.1) is 12.7 Å². The highest BCUT2D eigenvalue weighted by molar-refractivity contribution is 9.10. The quantitative estimate of drug-likeness (QED) is 0.902. The summed E-state index contributed by atoms with van der Waals surface area (Å²) in [6, 6.07) is 4.22. The first-order chi connectivity index (χ1) is 9.98. The Kier molecular flexibility index (Phi) is 4.30. The third-order valence-corrected chi connectivity index (χ3v) is 5.43. The average molecular weight is 354 g/mol. The summed E-state index contributed by atoms with van der Waals surface area (Å²) in [7, 11) is 0. The molecule has 1 fully saturated rings. The van der Waals surface area contributed by atoms with Crippen molar-refractivity contribution >= 4 is 15.9 Å². The number of hydrogen-bond acceptors (Lipinski definition) is 3. The van der Waals surface area contributed by atoms with E-state index >= 15 is 0 Å². The molecule has 0 saturated carbocycles. The molecule has 1 atom stereocenters. The van der Waals surface area contributed by atoms with Crippen LogP contribution in [0, 0.1) is 0 Å². The van der Waals surface area contributed by atoms with Crippen LogP contribution < -0.4 is 4.74 Å². The minimum absolute atomic E-state index is 0.190. The number of likely N-dealkylation sites (tertiary alicyclic amines) is 1.